The van der Waals surface area contributed by atoms with Gasteiger partial charge in [-0.15, -0.1) is 0 Å². The first-order valence-electron chi connectivity index (χ1n) is 10.6. The van der Waals surface area contributed by atoms with E-state index in [0.29, 0.717) is 29.5 Å². The van der Waals surface area contributed by atoms with Crippen LogP contribution in [0.15, 0.2) is 71.6 Å². The van der Waals surface area contributed by atoms with E-state index in [2.05, 4.69) is 5.32 Å². The van der Waals surface area contributed by atoms with E-state index in [1.54, 1.807) is 48.5 Å². The molecular weight excluding hydrogens is 456 g/mol. The van der Waals surface area contributed by atoms with E-state index < -0.39 is 22.5 Å². The highest BCUT2D eigenvalue weighted by Gasteiger charge is 2.28. The molecule has 0 aliphatic carbocycles. The fourth-order valence-corrected chi connectivity index (χ4v) is 4.74. The molecule has 1 N–H and O–H groups in total. The summed E-state index contributed by atoms with van der Waals surface area (Å²) in [6.45, 7) is 3.72. The third-order valence-corrected chi connectivity index (χ3v) is 6.78. The molecular formula is C25H28N2O6S. The maximum absolute atomic E-state index is 13.7. The summed E-state index contributed by atoms with van der Waals surface area (Å²) < 4.78 is 44.4. The smallest absolute Gasteiger partial charge is 0.264 e. The van der Waals surface area contributed by atoms with Gasteiger partial charge in [-0.1, -0.05) is 29.8 Å². The van der Waals surface area contributed by atoms with Gasteiger partial charge >= 0.3 is 0 Å². The molecule has 0 heterocycles. The molecule has 0 spiro atoms. The minimum Gasteiger partial charge on any atom is -0.493 e. The molecule has 8 nitrogen and oxygen atoms in total. The third kappa shape index (κ3) is 5.60. The van der Waals surface area contributed by atoms with Crippen LogP contribution in [0.4, 0.5) is 11.4 Å². The first-order valence-corrected chi connectivity index (χ1v) is 12.1. The van der Waals surface area contributed by atoms with Gasteiger partial charge in [0.2, 0.25) is 5.91 Å². The third-order valence-electron chi connectivity index (χ3n) is 5.01. The number of amides is 1. The molecule has 0 saturated carbocycles. The molecule has 3 aromatic carbocycles. The molecule has 3 rings (SSSR count). The summed E-state index contributed by atoms with van der Waals surface area (Å²) in [6.07, 6.45) is 0. The number of benzene rings is 3. The fraction of sp³-hybridized carbons (Fsp3) is 0.240. The zero-order valence-electron chi connectivity index (χ0n) is 19.6. The van der Waals surface area contributed by atoms with Crippen LogP contribution >= 0.6 is 0 Å². The molecule has 0 bridgehead atoms. The molecule has 0 fully saturated rings. The maximum Gasteiger partial charge on any atom is 0.264 e. The topological polar surface area (TPSA) is 94.2 Å². The number of carbonyl (C=O) groups excluding carboxylic acids is 1. The van der Waals surface area contributed by atoms with Gasteiger partial charge < -0.3 is 19.5 Å². The number of rotatable bonds is 10. The number of hydrogen-bond acceptors (Lipinski definition) is 6. The fourth-order valence-electron chi connectivity index (χ4n) is 3.30. The van der Waals surface area contributed by atoms with E-state index in [4.69, 9.17) is 14.2 Å². The van der Waals surface area contributed by atoms with Gasteiger partial charge in [-0.25, -0.2) is 8.42 Å². The van der Waals surface area contributed by atoms with Crippen LogP contribution in [-0.4, -0.2) is 41.7 Å². The van der Waals surface area contributed by atoms with Crippen LogP contribution in [0.2, 0.25) is 0 Å². The summed E-state index contributed by atoms with van der Waals surface area (Å²) in [5.74, 6) is 0.649. The number of nitrogens with zero attached hydrogens (tertiary/aromatic N) is 1. The highest BCUT2D eigenvalue weighted by atomic mass is 32.2. The highest BCUT2D eigenvalue weighted by Crippen LogP contribution is 2.32. The molecule has 180 valence electrons. The van der Waals surface area contributed by atoms with Crippen molar-refractivity contribution in [2.24, 2.45) is 0 Å². The van der Waals surface area contributed by atoms with Crippen molar-refractivity contribution in [2.45, 2.75) is 18.7 Å². The summed E-state index contributed by atoms with van der Waals surface area (Å²) in [5, 5.41) is 2.76. The van der Waals surface area contributed by atoms with Crippen molar-refractivity contribution < 1.29 is 27.4 Å². The normalized spacial score (nSPS) is 10.9. The number of para-hydroxylation sites is 2. The number of sulfonamides is 1. The van der Waals surface area contributed by atoms with Crippen LogP contribution < -0.4 is 23.8 Å². The van der Waals surface area contributed by atoms with Gasteiger partial charge in [-0.05, 0) is 50.2 Å². The van der Waals surface area contributed by atoms with Gasteiger partial charge in [0.15, 0.2) is 11.5 Å². The Hall–Kier alpha value is -3.72. The molecule has 3 aromatic rings. The minimum atomic E-state index is -4.13. The molecule has 0 aromatic heterocycles. The van der Waals surface area contributed by atoms with Crippen molar-refractivity contribution in [3.8, 4) is 17.2 Å². The van der Waals surface area contributed by atoms with Gasteiger partial charge in [0.05, 0.1) is 37.1 Å². The Balaban J connectivity index is 1.98. The molecule has 0 aliphatic heterocycles. The van der Waals surface area contributed by atoms with Crippen molar-refractivity contribution in [1.82, 2.24) is 0 Å². The van der Waals surface area contributed by atoms with E-state index in [0.717, 1.165) is 9.87 Å². The van der Waals surface area contributed by atoms with Crippen LogP contribution in [0.5, 0.6) is 17.2 Å². The van der Waals surface area contributed by atoms with Crippen LogP contribution in [0.25, 0.3) is 0 Å². The van der Waals surface area contributed by atoms with Crippen molar-refractivity contribution in [3.63, 3.8) is 0 Å². The SMILES string of the molecule is CCOc1ccccc1NC(=O)CN(c1ccc(C)cc1)S(=O)(=O)c1ccc(OC)c(OC)c1. The van der Waals surface area contributed by atoms with E-state index in [9.17, 15) is 13.2 Å². The molecule has 1 amide bonds. The van der Waals surface area contributed by atoms with Gasteiger partial charge in [-0.2, -0.15) is 0 Å². The van der Waals surface area contributed by atoms with Crippen LogP contribution in [0.3, 0.4) is 0 Å². The lowest BCUT2D eigenvalue weighted by molar-refractivity contribution is -0.114. The second-order valence-electron chi connectivity index (χ2n) is 7.34. The molecule has 0 atom stereocenters. The Morgan fingerprint density at radius 3 is 2.24 bits per heavy atom. The van der Waals surface area contributed by atoms with Crippen LogP contribution in [-0.2, 0) is 14.8 Å². The van der Waals surface area contributed by atoms with Gasteiger partial charge in [0, 0.05) is 6.07 Å². The molecule has 0 radical (unpaired) electrons. The lowest BCUT2D eigenvalue weighted by atomic mass is 10.2. The molecule has 34 heavy (non-hydrogen) atoms. The van der Waals surface area contributed by atoms with Crippen LogP contribution in [0, 0.1) is 6.92 Å². The van der Waals surface area contributed by atoms with E-state index >= 15 is 0 Å². The number of anilines is 2. The van der Waals surface area contributed by atoms with Crippen LogP contribution in [0.1, 0.15) is 12.5 Å². The zero-order chi connectivity index (χ0) is 24.7. The Morgan fingerprint density at radius 2 is 1.59 bits per heavy atom. The van der Waals surface area contributed by atoms with Crippen molar-refractivity contribution in [1.29, 1.82) is 0 Å². The average molecular weight is 485 g/mol. The van der Waals surface area contributed by atoms with Crippen molar-refractivity contribution in [2.75, 3.05) is 37.0 Å². The van der Waals surface area contributed by atoms with Gasteiger partial charge in [-0.3, -0.25) is 9.10 Å². The number of hydrogen-bond donors (Lipinski definition) is 1. The zero-order valence-corrected chi connectivity index (χ0v) is 20.4. The maximum atomic E-state index is 13.7. The summed E-state index contributed by atoms with van der Waals surface area (Å²) in [7, 11) is -1.23. The Kier molecular flexibility index (Phi) is 8.01. The lowest BCUT2D eigenvalue weighted by Crippen LogP contribution is -2.38. The average Bonchev–Trinajstić information content (AvgIpc) is 2.84. The Morgan fingerprint density at radius 1 is 0.912 bits per heavy atom. The summed E-state index contributed by atoms with van der Waals surface area (Å²) >= 11 is 0. The van der Waals surface area contributed by atoms with E-state index in [1.807, 2.05) is 13.8 Å². The Bertz CT molecular complexity index is 1240. The monoisotopic (exact) mass is 484 g/mol. The first-order chi connectivity index (χ1) is 16.3. The molecule has 9 heteroatoms. The predicted octanol–water partition coefficient (Wildman–Crippen LogP) is 4.24. The summed E-state index contributed by atoms with van der Waals surface area (Å²) in [5.41, 5.74) is 1.78. The lowest BCUT2D eigenvalue weighted by Gasteiger charge is -2.25. The summed E-state index contributed by atoms with van der Waals surface area (Å²) in [4.78, 5) is 13.0. The largest absolute Gasteiger partial charge is 0.493 e. The quantitative estimate of drug-likeness (QED) is 0.463. The van der Waals surface area contributed by atoms with E-state index in [1.165, 1.54) is 32.4 Å². The number of nitrogens with one attached hydrogen (secondary N) is 1. The molecule has 0 unspecified atom stereocenters. The molecule has 0 aliphatic rings. The van der Waals surface area contributed by atoms with Crippen molar-refractivity contribution >= 4 is 27.3 Å². The Labute approximate surface area is 200 Å². The predicted molar refractivity (Wildman–Crippen MR) is 131 cm³/mol. The standard InChI is InChI=1S/C25H28N2O6S/c1-5-33-22-9-7-6-8-21(22)26-25(28)17-27(19-12-10-18(2)11-13-19)34(29,30)20-14-15-23(31-3)24(16-20)32-4/h6-16H,5,17H2,1-4H3,(H,26,28). The second-order valence-corrected chi connectivity index (χ2v) is 9.20. The number of aryl methyl sites for hydroxylation is 1. The number of carbonyl (C=O) groups is 1. The minimum absolute atomic E-state index is 0.0340. The highest BCUT2D eigenvalue weighted by molar-refractivity contribution is 7.92. The summed E-state index contributed by atoms with van der Waals surface area (Å²) in [6, 6.07) is 18.2. The molecule has 0 saturated heterocycles. The van der Waals surface area contributed by atoms with Crippen molar-refractivity contribution in [3.05, 3.63) is 72.3 Å². The first kappa shape index (κ1) is 24.9. The number of ether oxygens (including phenoxy) is 3. The van der Waals surface area contributed by atoms with Gasteiger partial charge in [0.25, 0.3) is 10.0 Å². The number of methoxy groups -OCH3 is 2. The van der Waals surface area contributed by atoms with E-state index in [-0.39, 0.29) is 10.6 Å². The second kappa shape index (κ2) is 10.9. The van der Waals surface area contributed by atoms with Gasteiger partial charge in [0.1, 0.15) is 12.3 Å².